The summed E-state index contributed by atoms with van der Waals surface area (Å²) in [6, 6.07) is 5.83. The highest BCUT2D eigenvalue weighted by atomic mass is 79.9. The molecule has 1 aromatic rings. The molecule has 1 heterocycles. The molecule has 0 spiro atoms. The van der Waals surface area contributed by atoms with Gasteiger partial charge in [-0.05, 0) is 44.4 Å². The van der Waals surface area contributed by atoms with Crippen LogP contribution in [-0.4, -0.2) is 29.6 Å². The lowest BCUT2D eigenvalue weighted by Crippen LogP contribution is -2.30. The van der Waals surface area contributed by atoms with Gasteiger partial charge < -0.3 is 15.7 Å². The van der Waals surface area contributed by atoms with Gasteiger partial charge in [-0.2, -0.15) is 0 Å². The molecule has 0 aliphatic carbocycles. The van der Waals surface area contributed by atoms with Crippen LogP contribution in [0.1, 0.15) is 31.7 Å². The highest BCUT2D eigenvalue weighted by molar-refractivity contribution is 9.10. The predicted octanol–water partition coefficient (Wildman–Crippen LogP) is 2.47. The Morgan fingerprint density at radius 2 is 2.16 bits per heavy atom. The Bertz CT molecular complexity index is 488. The minimum absolute atomic E-state index is 0.0762. The first kappa shape index (κ1) is 14.3. The molecule has 2 rings (SSSR count). The summed E-state index contributed by atoms with van der Waals surface area (Å²) in [6.45, 7) is 3.57. The van der Waals surface area contributed by atoms with Gasteiger partial charge in [-0.25, -0.2) is 0 Å². The number of halogens is 1. The van der Waals surface area contributed by atoms with E-state index in [-0.39, 0.29) is 5.84 Å². The molecular formula is C14H20BrN3O. The first-order chi connectivity index (χ1) is 8.89. The normalized spacial score (nSPS) is 24.1. The molecule has 1 atom stereocenters. The van der Waals surface area contributed by atoms with Crippen molar-refractivity contribution in [3.05, 3.63) is 28.2 Å². The Labute approximate surface area is 122 Å². The number of anilines is 1. The van der Waals surface area contributed by atoms with E-state index >= 15 is 0 Å². The predicted molar refractivity (Wildman–Crippen MR) is 81.8 cm³/mol. The van der Waals surface area contributed by atoms with Crippen molar-refractivity contribution < 1.29 is 5.11 Å². The van der Waals surface area contributed by atoms with Crippen molar-refractivity contribution >= 4 is 27.5 Å². The molecule has 0 bridgehead atoms. The Kier molecular flexibility index (Phi) is 4.16. The van der Waals surface area contributed by atoms with Gasteiger partial charge in [0.2, 0.25) is 0 Å². The van der Waals surface area contributed by atoms with Crippen molar-refractivity contribution in [2.75, 3.05) is 18.0 Å². The Morgan fingerprint density at radius 3 is 2.84 bits per heavy atom. The van der Waals surface area contributed by atoms with Crippen LogP contribution in [0.15, 0.2) is 22.7 Å². The quantitative estimate of drug-likeness (QED) is 0.577. The second-order valence-corrected chi connectivity index (χ2v) is 6.33. The van der Waals surface area contributed by atoms with Crippen LogP contribution in [0.3, 0.4) is 0 Å². The molecule has 4 nitrogen and oxygen atoms in total. The van der Waals surface area contributed by atoms with Gasteiger partial charge in [0, 0.05) is 28.8 Å². The zero-order valence-corrected chi connectivity index (χ0v) is 12.7. The maximum absolute atomic E-state index is 10.1. The van der Waals surface area contributed by atoms with Gasteiger partial charge in [0.25, 0.3) is 0 Å². The van der Waals surface area contributed by atoms with Gasteiger partial charge in [-0.15, -0.1) is 0 Å². The molecule has 0 aromatic heterocycles. The second-order valence-electron chi connectivity index (χ2n) is 5.41. The highest BCUT2D eigenvalue weighted by Crippen LogP contribution is 2.29. The molecule has 0 amide bonds. The maximum atomic E-state index is 10.1. The van der Waals surface area contributed by atoms with Crippen LogP contribution in [0.25, 0.3) is 0 Å². The topological polar surface area (TPSA) is 73.3 Å². The summed E-state index contributed by atoms with van der Waals surface area (Å²) in [5, 5.41) is 17.8. The number of rotatable bonds is 2. The number of nitrogens with zero attached hydrogens (tertiary/aromatic N) is 1. The van der Waals surface area contributed by atoms with Gasteiger partial charge in [0.1, 0.15) is 5.84 Å². The van der Waals surface area contributed by atoms with E-state index in [9.17, 15) is 5.11 Å². The molecule has 1 saturated heterocycles. The smallest absolute Gasteiger partial charge is 0.124 e. The average Bonchev–Trinajstić information content (AvgIpc) is 2.50. The molecule has 104 valence electrons. The fourth-order valence-corrected chi connectivity index (χ4v) is 2.87. The lowest BCUT2D eigenvalue weighted by molar-refractivity contribution is 0.0481. The van der Waals surface area contributed by atoms with Crippen molar-refractivity contribution in [1.29, 1.82) is 5.41 Å². The minimum Gasteiger partial charge on any atom is -0.390 e. The van der Waals surface area contributed by atoms with E-state index < -0.39 is 5.60 Å². The van der Waals surface area contributed by atoms with Crippen LogP contribution in [0, 0.1) is 5.41 Å². The summed E-state index contributed by atoms with van der Waals surface area (Å²) >= 11 is 3.41. The van der Waals surface area contributed by atoms with Crippen LogP contribution in [0.4, 0.5) is 5.69 Å². The molecule has 0 radical (unpaired) electrons. The molecular weight excluding hydrogens is 306 g/mol. The van der Waals surface area contributed by atoms with Crippen molar-refractivity contribution in [3.63, 3.8) is 0 Å². The Morgan fingerprint density at radius 1 is 1.42 bits per heavy atom. The standard InChI is InChI=1S/C14H20BrN3O/c1-14(19)5-2-7-18(8-6-14)12-4-3-10(15)9-11(12)13(16)17/h3-4,9,19H,2,5-8H2,1H3,(H3,16,17). The zero-order valence-electron chi connectivity index (χ0n) is 11.1. The highest BCUT2D eigenvalue weighted by Gasteiger charge is 2.26. The Hall–Kier alpha value is -1.07. The Balaban J connectivity index is 2.29. The molecule has 1 aliphatic heterocycles. The number of nitrogens with one attached hydrogen (secondary N) is 1. The number of nitrogen functional groups attached to an aromatic ring is 1. The van der Waals surface area contributed by atoms with E-state index in [4.69, 9.17) is 11.1 Å². The number of aliphatic hydroxyl groups is 1. The van der Waals surface area contributed by atoms with E-state index in [0.29, 0.717) is 0 Å². The molecule has 1 fully saturated rings. The summed E-state index contributed by atoms with van der Waals surface area (Å²) in [5.74, 6) is 0.0762. The second kappa shape index (κ2) is 5.51. The molecule has 19 heavy (non-hydrogen) atoms. The third kappa shape index (κ3) is 3.48. The molecule has 0 saturated carbocycles. The van der Waals surface area contributed by atoms with Crippen LogP contribution in [0.2, 0.25) is 0 Å². The first-order valence-corrected chi connectivity index (χ1v) is 7.30. The van der Waals surface area contributed by atoms with Crippen molar-refractivity contribution in [2.45, 2.75) is 31.8 Å². The van der Waals surface area contributed by atoms with Crippen LogP contribution in [-0.2, 0) is 0 Å². The van der Waals surface area contributed by atoms with Gasteiger partial charge in [0.05, 0.1) is 5.60 Å². The van der Waals surface area contributed by atoms with E-state index in [1.807, 2.05) is 25.1 Å². The van der Waals surface area contributed by atoms with E-state index in [1.165, 1.54) is 0 Å². The number of amidine groups is 1. The number of hydrogen-bond acceptors (Lipinski definition) is 3. The number of hydrogen-bond donors (Lipinski definition) is 3. The monoisotopic (exact) mass is 325 g/mol. The van der Waals surface area contributed by atoms with Crippen molar-refractivity contribution in [3.8, 4) is 0 Å². The molecule has 1 unspecified atom stereocenters. The van der Waals surface area contributed by atoms with Crippen molar-refractivity contribution in [2.24, 2.45) is 5.73 Å². The minimum atomic E-state index is -0.583. The summed E-state index contributed by atoms with van der Waals surface area (Å²) in [7, 11) is 0. The third-order valence-corrected chi connectivity index (χ3v) is 4.15. The van der Waals surface area contributed by atoms with Gasteiger partial charge >= 0.3 is 0 Å². The summed E-state index contributed by atoms with van der Waals surface area (Å²) in [4.78, 5) is 2.21. The SMILES string of the molecule is CC1(O)CCCN(c2ccc(Br)cc2C(=N)N)CC1. The van der Waals surface area contributed by atoms with Gasteiger partial charge in [0.15, 0.2) is 0 Å². The summed E-state index contributed by atoms with van der Waals surface area (Å²) in [5.41, 5.74) is 6.81. The van der Waals surface area contributed by atoms with Crippen LogP contribution >= 0.6 is 15.9 Å². The first-order valence-electron chi connectivity index (χ1n) is 6.50. The number of nitrogens with two attached hydrogens (primary N) is 1. The molecule has 4 N–H and O–H groups in total. The maximum Gasteiger partial charge on any atom is 0.124 e. The lowest BCUT2D eigenvalue weighted by atomic mass is 9.98. The van der Waals surface area contributed by atoms with Crippen LogP contribution in [0.5, 0.6) is 0 Å². The van der Waals surface area contributed by atoms with Gasteiger partial charge in [-0.1, -0.05) is 15.9 Å². The summed E-state index contributed by atoms with van der Waals surface area (Å²) < 4.78 is 0.920. The largest absolute Gasteiger partial charge is 0.390 e. The zero-order chi connectivity index (χ0) is 14.0. The summed E-state index contributed by atoms with van der Waals surface area (Å²) in [6.07, 6.45) is 2.50. The van der Waals surface area contributed by atoms with E-state index in [0.717, 1.165) is 48.1 Å². The molecule has 1 aromatic carbocycles. The van der Waals surface area contributed by atoms with Crippen LogP contribution < -0.4 is 10.6 Å². The number of benzene rings is 1. The fourth-order valence-electron chi connectivity index (χ4n) is 2.50. The van der Waals surface area contributed by atoms with Crippen molar-refractivity contribution in [1.82, 2.24) is 0 Å². The van der Waals surface area contributed by atoms with E-state index in [2.05, 4.69) is 20.8 Å². The van der Waals surface area contributed by atoms with E-state index in [1.54, 1.807) is 0 Å². The molecule has 1 aliphatic rings. The fraction of sp³-hybridized carbons (Fsp3) is 0.500. The average molecular weight is 326 g/mol. The van der Waals surface area contributed by atoms with Gasteiger partial charge in [-0.3, -0.25) is 5.41 Å². The molecule has 5 heteroatoms. The lowest BCUT2D eigenvalue weighted by Gasteiger charge is -2.26. The third-order valence-electron chi connectivity index (χ3n) is 3.65.